The van der Waals surface area contributed by atoms with E-state index in [1.807, 2.05) is 23.9 Å². The van der Waals surface area contributed by atoms with Gasteiger partial charge in [-0.05, 0) is 37.9 Å². The molecule has 0 aliphatic carbocycles. The summed E-state index contributed by atoms with van der Waals surface area (Å²) in [7, 11) is 2.14. The van der Waals surface area contributed by atoms with E-state index in [0.717, 1.165) is 22.5 Å². The van der Waals surface area contributed by atoms with Gasteiger partial charge in [0.15, 0.2) is 0 Å². The van der Waals surface area contributed by atoms with Crippen molar-refractivity contribution in [1.82, 2.24) is 4.90 Å². The van der Waals surface area contributed by atoms with Crippen molar-refractivity contribution in [3.05, 3.63) is 28.2 Å². The summed E-state index contributed by atoms with van der Waals surface area (Å²) in [6.07, 6.45) is 2.14. The molecule has 0 spiro atoms. The summed E-state index contributed by atoms with van der Waals surface area (Å²) in [4.78, 5) is 2.33. The molecule has 90 valence electrons. The van der Waals surface area contributed by atoms with Gasteiger partial charge < -0.3 is 5.73 Å². The van der Waals surface area contributed by atoms with Gasteiger partial charge in [-0.15, -0.1) is 0 Å². The summed E-state index contributed by atoms with van der Waals surface area (Å²) in [5.74, 6) is 1.15. The molecular weight excluding hydrogens is 284 g/mol. The second kappa shape index (κ2) is 6.52. The number of hydrogen-bond acceptors (Lipinski definition) is 3. The van der Waals surface area contributed by atoms with Crippen molar-refractivity contribution < 1.29 is 0 Å². The maximum atomic E-state index is 5.98. The first-order valence-electron chi connectivity index (χ1n) is 5.27. The zero-order valence-electron chi connectivity index (χ0n) is 10.0. The average Bonchev–Trinajstić information content (AvgIpc) is 2.22. The van der Waals surface area contributed by atoms with Gasteiger partial charge in [-0.2, -0.15) is 11.8 Å². The Morgan fingerprint density at radius 3 is 2.75 bits per heavy atom. The number of halogens is 1. The fraction of sp³-hybridized carbons (Fsp3) is 0.500. The molecule has 0 saturated carbocycles. The molecule has 0 saturated heterocycles. The second-order valence-electron chi connectivity index (χ2n) is 4.06. The van der Waals surface area contributed by atoms with E-state index in [9.17, 15) is 0 Å². The van der Waals surface area contributed by atoms with E-state index in [4.69, 9.17) is 5.73 Å². The van der Waals surface area contributed by atoms with E-state index in [1.165, 1.54) is 5.56 Å². The summed E-state index contributed by atoms with van der Waals surface area (Å²) >= 11 is 5.29. The lowest BCUT2D eigenvalue weighted by Gasteiger charge is -2.24. The van der Waals surface area contributed by atoms with Gasteiger partial charge in [0, 0.05) is 28.5 Å². The standard InChI is InChI=1S/C12H19BrN2S/c1-9(8-16-3)15(2)7-10-4-5-11(13)6-12(10)14/h4-6,9H,7-8,14H2,1-3H3. The van der Waals surface area contributed by atoms with Crippen LogP contribution < -0.4 is 5.73 Å². The Hall–Kier alpha value is -0.190. The van der Waals surface area contributed by atoms with E-state index in [-0.39, 0.29) is 0 Å². The molecule has 0 heterocycles. The highest BCUT2D eigenvalue weighted by Crippen LogP contribution is 2.20. The molecule has 0 fully saturated rings. The summed E-state index contributed by atoms with van der Waals surface area (Å²) in [5.41, 5.74) is 8.03. The topological polar surface area (TPSA) is 29.3 Å². The highest BCUT2D eigenvalue weighted by molar-refractivity contribution is 9.10. The normalized spacial score (nSPS) is 13.1. The van der Waals surface area contributed by atoms with Gasteiger partial charge in [0.05, 0.1) is 0 Å². The lowest BCUT2D eigenvalue weighted by Crippen LogP contribution is -2.30. The highest BCUT2D eigenvalue weighted by atomic mass is 79.9. The molecule has 0 bridgehead atoms. The van der Waals surface area contributed by atoms with Crippen LogP contribution in [-0.4, -0.2) is 30.0 Å². The largest absolute Gasteiger partial charge is 0.398 e. The lowest BCUT2D eigenvalue weighted by molar-refractivity contribution is 0.270. The first-order valence-corrected chi connectivity index (χ1v) is 7.46. The number of nitrogens with two attached hydrogens (primary N) is 1. The van der Waals surface area contributed by atoms with Gasteiger partial charge in [-0.25, -0.2) is 0 Å². The fourth-order valence-corrected chi connectivity index (χ4v) is 2.62. The Bertz CT molecular complexity index is 344. The van der Waals surface area contributed by atoms with Crippen LogP contribution in [0.2, 0.25) is 0 Å². The minimum absolute atomic E-state index is 0.568. The van der Waals surface area contributed by atoms with Crippen LogP contribution in [0.1, 0.15) is 12.5 Å². The van der Waals surface area contributed by atoms with Crippen molar-refractivity contribution in [3.63, 3.8) is 0 Å². The van der Waals surface area contributed by atoms with Crippen LogP contribution in [0.25, 0.3) is 0 Å². The number of thioether (sulfide) groups is 1. The van der Waals surface area contributed by atoms with Crippen LogP contribution in [-0.2, 0) is 6.54 Å². The number of hydrogen-bond donors (Lipinski definition) is 1. The summed E-state index contributed by atoms with van der Waals surface area (Å²) < 4.78 is 1.04. The van der Waals surface area contributed by atoms with E-state index < -0.39 is 0 Å². The van der Waals surface area contributed by atoms with Crippen molar-refractivity contribution >= 4 is 33.4 Å². The van der Waals surface area contributed by atoms with Crippen molar-refractivity contribution in [3.8, 4) is 0 Å². The predicted octanol–water partition coefficient (Wildman–Crippen LogP) is 3.21. The SMILES string of the molecule is CSCC(C)N(C)Cc1ccc(Br)cc1N. The number of nitrogen functional groups attached to an aromatic ring is 1. The molecule has 1 unspecified atom stereocenters. The second-order valence-corrected chi connectivity index (χ2v) is 5.89. The van der Waals surface area contributed by atoms with Gasteiger partial charge >= 0.3 is 0 Å². The van der Waals surface area contributed by atoms with Crippen molar-refractivity contribution in [2.24, 2.45) is 0 Å². The number of nitrogens with zero attached hydrogens (tertiary/aromatic N) is 1. The molecule has 2 N–H and O–H groups in total. The quantitative estimate of drug-likeness (QED) is 0.847. The van der Waals surface area contributed by atoms with Crippen LogP contribution in [0.15, 0.2) is 22.7 Å². The Labute approximate surface area is 111 Å². The van der Waals surface area contributed by atoms with Crippen LogP contribution in [0.4, 0.5) is 5.69 Å². The van der Waals surface area contributed by atoms with Crippen LogP contribution in [0.5, 0.6) is 0 Å². The van der Waals surface area contributed by atoms with E-state index in [2.05, 4.69) is 47.1 Å². The van der Waals surface area contributed by atoms with Crippen molar-refractivity contribution in [2.45, 2.75) is 19.5 Å². The number of rotatable bonds is 5. The molecule has 16 heavy (non-hydrogen) atoms. The van der Waals surface area contributed by atoms with Gasteiger partial charge in [0.25, 0.3) is 0 Å². The monoisotopic (exact) mass is 302 g/mol. The van der Waals surface area contributed by atoms with Gasteiger partial charge in [-0.1, -0.05) is 22.0 Å². The predicted molar refractivity (Wildman–Crippen MR) is 77.9 cm³/mol. The average molecular weight is 303 g/mol. The molecule has 0 aromatic heterocycles. The zero-order valence-corrected chi connectivity index (χ0v) is 12.4. The third-order valence-corrected chi connectivity index (χ3v) is 4.00. The summed E-state index contributed by atoms with van der Waals surface area (Å²) in [6.45, 7) is 3.15. The van der Waals surface area contributed by atoms with Gasteiger partial charge in [0.2, 0.25) is 0 Å². The van der Waals surface area contributed by atoms with E-state index in [0.29, 0.717) is 6.04 Å². The molecule has 2 nitrogen and oxygen atoms in total. The molecule has 0 aliphatic rings. The lowest BCUT2D eigenvalue weighted by atomic mass is 10.1. The maximum absolute atomic E-state index is 5.98. The van der Waals surface area contributed by atoms with Crippen molar-refractivity contribution in [2.75, 3.05) is 24.8 Å². The van der Waals surface area contributed by atoms with Gasteiger partial charge in [-0.3, -0.25) is 4.90 Å². The number of benzene rings is 1. The van der Waals surface area contributed by atoms with Gasteiger partial charge in [0.1, 0.15) is 0 Å². The smallest absolute Gasteiger partial charge is 0.0371 e. The minimum Gasteiger partial charge on any atom is -0.398 e. The van der Waals surface area contributed by atoms with Crippen LogP contribution in [0.3, 0.4) is 0 Å². The first kappa shape index (κ1) is 13.9. The fourth-order valence-electron chi connectivity index (χ4n) is 1.50. The maximum Gasteiger partial charge on any atom is 0.0371 e. The Kier molecular flexibility index (Phi) is 5.66. The molecule has 0 radical (unpaired) electrons. The van der Waals surface area contributed by atoms with Crippen LogP contribution >= 0.6 is 27.7 Å². The first-order chi connectivity index (χ1) is 7.54. The number of anilines is 1. The molecule has 0 amide bonds. The third-order valence-electron chi connectivity index (χ3n) is 2.69. The molecule has 1 aromatic rings. The minimum atomic E-state index is 0.568. The molecular formula is C12H19BrN2S. The highest BCUT2D eigenvalue weighted by Gasteiger charge is 2.10. The van der Waals surface area contributed by atoms with E-state index in [1.54, 1.807) is 0 Å². The molecule has 1 aromatic carbocycles. The Morgan fingerprint density at radius 1 is 1.50 bits per heavy atom. The molecule has 0 aliphatic heterocycles. The summed E-state index contributed by atoms with van der Waals surface area (Å²) in [5, 5.41) is 0. The summed E-state index contributed by atoms with van der Waals surface area (Å²) in [6, 6.07) is 6.65. The van der Waals surface area contributed by atoms with Crippen LogP contribution in [0, 0.1) is 0 Å². The van der Waals surface area contributed by atoms with Crippen molar-refractivity contribution in [1.29, 1.82) is 0 Å². The molecule has 1 rings (SSSR count). The zero-order chi connectivity index (χ0) is 12.1. The molecule has 1 atom stereocenters. The van der Waals surface area contributed by atoms with E-state index >= 15 is 0 Å². The Morgan fingerprint density at radius 2 is 2.19 bits per heavy atom. The third kappa shape index (κ3) is 4.00. The Balaban J connectivity index is 2.65. The molecule has 4 heteroatoms.